The smallest absolute Gasteiger partial charge is 0.142 e. The highest BCUT2D eigenvalue weighted by Gasteiger charge is 2.04. The molecular formula is C16H18BrNO3. The molecule has 1 N–H and O–H groups in total. The van der Waals surface area contributed by atoms with Gasteiger partial charge in [-0.1, -0.05) is 15.9 Å². The van der Waals surface area contributed by atoms with E-state index in [4.69, 9.17) is 14.2 Å². The van der Waals surface area contributed by atoms with Crippen LogP contribution in [0.2, 0.25) is 0 Å². The fourth-order valence-corrected chi connectivity index (χ4v) is 2.10. The molecule has 0 bridgehead atoms. The Morgan fingerprint density at radius 2 is 1.67 bits per heavy atom. The summed E-state index contributed by atoms with van der Waals surface area (Å²) in [6.07, 6.45) is 0. The van der Waals surface area contributed by atoms with E-state index in [2.05, 4.69) is 21.2 Å². The minimum atomic E-state index is 0.558. The molecule has 0 aliphatic rings. The molecule has 2 aromatic rings. The molecule has 21 heavy (non-hydrogen) atoms. The zero-order chi connectivity index (χ0) is 15.1. The summed E-state index contributed by atoms with van der Waals surface area (Å²) in [6.45, 7) is 1.22. The molecule has 0 saturated heterocycles. The van der Waals surface area contributed by atoms with Crippen LogP contribution in [0.1, 0.15) is 0 Å². The molecule has 0 unspecified atom stereocenters. The molecule has 0 aromatic heterocycles. The van der Waals surface area contributed by atoms with Crippen molar-refractivity contribution in [2.45, 2.75) is 0 Å². The highest BCUT2D eigenvalue weighted by molar-refractivity contribution is 9.10. The Bertz CT molecular complexity index is 572. The lowest BCUT2D eigenvalue weighted by Crippen LogP contribution is -2.12. The van der Waals surface area contributed by atoms with Gasteiger partial charge in [0, 0.05) is 17.1 Å². The molecule has 2 rings (SSSR count). The SMILES string of the molecule is COc1ccc(OC)c(NCCOc2ccc(Br)cc2)c1. The summed E-state index contributed by atoms with van der Waals surface area (Å²) in [6, 6.07) is 13.4. The first-order valence-corrected chi connectivity index (χ1v) is 7.36. The molecule has 5 heteroatoms. The topological polar surface area (TPSA) is 39.7 Å². The quantitative estimate of drug-likeness (QED) is 0.766. The normalized spacial score (nSPS) is 10.0. The average Bonchev–Trinajstić information content (AvgIpc) is 2.53. The zero-order valence-corrected chi connectivity index (χ0v) is 13.6. The summed E-state index contributed by atoms with van der Waals surface area (Å²) in [7, 11) is 3.29. The maximum Gasteiger partial charge on any atom is 0.142 e. The van der Waals surface area contributed by atoms with Gasteiger partial charge in [-0.25, -0.2) is 0 Å². The molecule has 4 nitrogen and oxygen atoms in total. The summed E-state index contributed by atoms with van der Waals surface area (Å²) < 4.78 is 17.2. The number of ether oxygens (including phenoxy) is 3. The molecular weight excluding hydrogens is 334 g/mol. The van der Waals surface area contributed by atoms with Gasteiger partial charge in [-0.2, -0.15) is 0 Å². The molecule has 112 valence electrons. The van der Waals surface area contributed by atoms with Gasteiger partial charge in [0.25, 0.3) is 0 Å². The fourth-order valence-electron chi connectivity index (χ4n) is 1.84. The largest absolute Gasteiger partial charge is 0.497 e. The lowest BCUT2D eigenvalue weighted by molar-refractivity contribution is 0.332. The summed E-state index contributed by atoms with van der Waals surface area (Å²) in [5.74, 6) is 2.41. The van der Waals surface area contributed by atoms with Crippen molar-refractivity contribution in [2.24, 2.45) is 0 Å². The van der Waals surface area contributed by atoms with E-state index in [1.54, 1.807) is 14.2 Å². The van der Waals surface area contributed by atoms with E-state index in [0.717, 1.165) is 27.4 Å². The molecule has 0 aliphatic heterocycles. The first-order valence-electron chi connectivity index (χ1n) is 6.57. The monoisotopic (exact) mass is 351 g/mol. The summed E-state index contributed by atoms with van der Waals surface area (Å²) >= 11 is 3.39. The third-order valence-corrected chi connectivity index (χ3v) is 3.44. The Balaban J connectivity index is 1.86. The second kappa shape index (κ2) is 7.78. The Morgan fingerprint density at radius 1 is 0.952 bits per heavy atom. The second-order valence-electron chi connectivity index (χ2n) is 4.30. The number of anilines is 1. The number of benzene rings is 2. The summed E-state index contributed by atoms with van der Waals surface area (Å²) in [4.78, 5) is 0. The van der Waals surface area contributed by atoms with Crippen LogP contribution in [0.5, 0.6) is 17.2 Å². The van der Waals surface area contributed by atoms with Gasteiger partial charge in [0.2, 0.25) is 0 Å². The Morgan fingerprint density at radius 3 is 2.33 bits per heavy atom. The van der Waals surface area contributed by atoms with Crippen LogP contribution >= 0.6 is 15.9 Å². The number of hydrogen-bond acceptors (Lipinski definition) is 4. The van der Waals surface area contributed by atoms with Crippen molar-refractivity contribution in [1.82, 2.24) is 0 Å². The molecule has 0 amide bonds. The van der Waals surface area contributed by atoms with Crippen LogP contribution in [0.25, 0.3) is 0 Å². The fraction of sp³-hybridized carbons (Fsp3) is 0.250. The van der Waals surface area contributed by atoms with Crippen molar-refractivity contribution < 1.29 is 14.2 Å². The highest BCUT2D eigenvalue weighted by atomic mass is 79.9. The van der Waals surface area contributed by atoms with Crippen LogP contribution in [0.3, 0.4) is 0 Å². The number of hydrogen-bond donors (Lipinski definition) is 1. The minimum Gasteiger partial charge on any atom is -0.497 e. The van der Waals surface area contributed by atoms with Crippen molar-refractivity contribution in [3.8, 4) is 17.2 Å². The van der Waals surface area contributed by atoms with E-state index < -0.39 is 0 Å². The van der Waals surface area contributed by atoms with E-state index in [0.29, 0.717) is 13.2 Å². The Kier molecular flexibility index (Phi) is 5.75. The van der Waals surface area contributed by atoms with E-state index in [9.17, 15) is 0 Å². The van der Waals surface area contributed by atoms with Crippen molar-refractivity contribution >= 4 is 21.6 Å². The van der Waals surface area contributed by atoms with Crippen LogP contribution in [-0.2, 0) is 0 Å². The Labute approximate surface area is 133 Å². The summed E-state index contributed by atoms with van der Waals surface area (Å²) in [5.41, 5.74) is 0.885. The van der Waals surface area contributed by atoms with Gasteiger partial charge < -0.3 is 19.5 Å². The highest BCUT2D eigenvalue weighted by Crippen LogP contribution is 2.28. The van der Waals surface area contributed by atoms with Gasteiger partial charge in [0.15, 0.2) is 0 Å². The number of methoxy groups -OCH3 is 2. The van der Waals surface area contributed by atoms with Crippen LogP contribution in [0.15, 0.2) is 46.9 Å². The van der Waals surface area contributed by atoms with Gasteiger partial charge in [0.05, 0.1) is 19.9 Å². The molecule has 0 aliphatic carbocycles. The van der Waals surface area contributed by atoms with Crippen molar-refractivity contribution in [3.63, 3.8) is 0 Å². The second-order valence-corrected chi connectivity index (χ2v) is 5.21. The standard InChI is InChI=1S/C16H18BrNO3/c1-19-14-7-8-16(20-2)15(11-14)18-9-10-21-13-5-3-12(17)4-6-13/h3-8,11,18H,9-10H2,1-2H3. The maximum atomic E-state index is 5.66. The first-order chi connectivity index (χ1) is 10.2. The predicted molar refractivity (Wildman–Crippen MR) is 87.7 cm³/mol. The van der Waals surface area contributed by atoms with Crippen LogP contribution < -0.4 is 19.5 Å². The van der Waals surface area contributed by atoms with Gasteiger partial charge in [-0.3, -0.25) is 0 Å². The molecule has 0 saturated carbocycles. The zero-order valence-electron chi connectivity index (χ0n) is 12.1. The molecule has 0 atom stereocenters. The van der Waals surface area contributed by atoms with E-state index in [1.807, 2.05) is 42.5 Å². The molecule has 0 fully saturated rings. The van der Waals surface area contributed by atoms with Crippen LogP contribution in [-0.4, -0.2) is 27.4 Å². The first kappa shape index (κ1) is 15.5. The van der Waals surface area contributed by atoms with Gasteiger partial charge >= 0.3 is 0 Å². The lowest BCUT2D eigenvalue weighted by atomic mass is 10.2. The number of rotatable bonds is 7. The van der Waals surface area contributed by atoms with Crippen LogP contribution in [0.4, 0.5) is 5.69 Å². The number of nitrogens with one attached hydrogen (secondary N) is 1. The Hall–Kier alpha value is -1.88. The maximum absolute atomic E-state index is 5.66. The number of halogens is 1. The lowest BCUT2D eigenvalue weighted by Gasteiger charge is -2.13. The van der Waals surface area contributed by atoms with E-state index in [1.165, 1.54) is 0 Å². The van der Waals surface area contributed by atoms with E-state index in [-0.39, 0.29) is 0 Å². The van der Waals surface area contributed by atoms with Crippen molar-refractivity contribution in [3.05, 3.63) is 46.9 Å². The van der Waals surface area contributed by atoms with Crippen molar-refractivity contribution in [1.29, 1.82) is 0 Å². The van der Waals surface area contributed by atoms with Gasteiger partial charge in [-0.05, 0) is 36.4 Å². The van der Waals surface area contributed by atoms with E-state index >= 15 is 0 Å². The van der Waals surface area contributed by atoms with Gasteiger partial charge in [-0.15, -0.1) is 0 Å². The average molecular weight is 352 g/mol. The van der Waals surface area contributed by atoms with Crippen LogP contribution in [0, 0.1) is 0 Å². The van der Waals surface area contributed by atoms with Gasteiger partial charge in [0.1, 0.15) is 23.9 Å². The summed E-state index contributed by atoms with van der Waals surface area (Å²) in [5, 5.41) is 3.28. The predicted octanol–water partition coefficient (Wildman–Crippen LogP) is 3.96. The third-order valence-electron chi connectivity index (χ3n) is 2.91. The molecule has 0 heterocycles. The van der Waals surface area contributed by atoms with Crippen molar-refractivity contribution in [2.75, 3.05) is 32.7 Å². The molecule has 0 spiro atoms. The third kappa shape index (κ3) is 4.56. The molecule has 2 aromatic carbocycles. The minimum absolute atomic E-state index is 0.558. The molecule has 0 radical (unpaired) electrons.